The predicted octanol–water partition coefficient (Wildman–Crippen LogP) is 4.88. The van der Waals surface area contributed by atoms with Crippen LogP contribution in [0.4, 0.5) is 0 Å². The van der Waals surface area contributed by atoms with Gasteiger partial charge in [-0.05, 0) is 35.6 Å². The van der Waals surface area contributed by atoms with Crippen molar-refractivity contribution in [1.29, 1.82) is 0 Å². The Morgan fingerprint density at radius 1 is 1.08 bits per heavy atom. The lowest BCUT2D eigenvalue weighted by atomic mass is 9.87. The van der Waals surface area contributed by atoms with E-state index in [1.54, 1.807) is 13.2 Å². The molecule has 0 heterocycles. The minimum atomic E-state index is -0.128. The normalized spacial score (nSPS) is 12.8. The zero-order chi connectivity index (χ0) is 18.4. The van der Waals surface area contributed by atoms with Crippen molar-refractivity contribution >= 4 is 12.0 Å². The molecule has 2 aromatic carbocycles. The van der Waals surface area contributed by atoms with Gasteiger partial charge in [-0.25, -0.2) is 0 Å². The number of hydrogen-bond donors (Lipinski definition) is 1. The number of carbonyl (C=O) groups is 1. The number of para-hydroxylation sites is 1. The molecule has 0 aliphatic heterocycles. The van der Waals surface area contributed by atoms with Crippen LogP contribution in [0.25, 0.3) is 6.08 Å². The summed E-state index contributed by atoms with van der Waals surface area (Å²) in [6.07, 6.45) is 3.40. The van der Waals surface area contributed by atoms with E-state index in [2.05, 4.69) is 38.2 Å². The van der Waals surface area contributed by atoms with Crippen molar-refractivity contribution in [3.63, 3.8) is 0 Å². The molecular formula is C22H27NO2. The molecule has 3 nitrogen and oxygen atoms in total. The lowest BCUT2D eigenvalue weighted by molar-refractivity contribution is -0.117. The van der Waals surface area contributed by atoms with Crippen LogP contribution in [0.15, 0.2) is 54.6 Å². The molecule has 1 atom stereocenters. The highest BCUT2D eigenvalue weighted by atomic mass is 16.5. The molecular weight excluding hydrogens is 310 g/mol. The highest BCUT2D eigenvalue weighted by Crippen LogP contribution is 2.24. The summed E-state index contributed by atoms with van der Waals surface area (Å²) in [5.41, 5.74) is 3.37. The predicted molar refractivity (Wildman–Crippen MR) is 104 cm³/mol. The third-order valence-corrected chi connectivity index (χ3v) is 4.17. The van der Waals surface area contributed by atoms with Gasteiger partial charge in [0.25, 0.3) is 0 Å². The van der Waals surface area contributed by atoms with Crippen LogP contribution in [-0.2, 0) is 10.2 Å². The lowest BCUT2D eigenvalue weighted by Crippen LogP contribution is -2.24. The summed E-state index contributed by atoms with van der Waals surface area (Å²) in [6, 6.07) is 15.9. The standard InChI is InChI=1S/C22H27NO2/c1-16(19-8-6-7-9-20(19)25-5)23-21(24)15-12-17-10-13-18(14-11-17)22(2,3)4/h6-16H,1-5H3,(H,23,24)/b15-12+/t16-/m0/s1. The number of ether oxygens (including phenoxy) is 1. The highest BCUT2D eigenvalue weighted by Gasteiger charge is 2.13. The maximum Gasteiger partial charge on any atom is 0.244 e. The third kappa shape index (κ3) is 5.21. The summed E-state index contributed by atoms with van der Waals surface area (Å²) in [5.74, 6) is 0.648. The van der Waals surface area contributed by atoms with E-state index in [1.165, 1.54) is 5.56 Å². The molecule has 0 bridgehead atoms. The smallest absolute Gasteiger partial charge is 0.244 e. The van der Waals surface area contributed by atoms with Crippen LogP contribution in [0.3, 0.4) is 0 Å². The van der Waals surface area contributed by atoms with Gasteiger partial charge in [0.05, 0.1) is 13.2 Å². The Balaban J connectivity index is 2.01. The van der Waals surface area contributed by atoms with Crippen molar-refractivity contribution in [3.05, 3.63) is 71.3 Å². The van der Waals surface area contributed by atoms with Crippen LogP contribution in [0.2, 0.25) is 0 Å². The molecule has 0 radical (unpaired) electrons. The van der Waals surface area contributed by atoms with E-state index in [-0.39, 0.29) is 17.4 Å². The Kier molecular flexibility index (Phi) is 6.02. The quantitative estimate of drug-likeness (QED) is 0.789. The summed E-state index contributed by atoms with van der Waals surface area (Å²) in [4.78, 5) is 12.2. The molecule has 0 saturated carbocycles. The van der Waals surface area contributed by atoms with Crippen molar-refractivity contribution in [1.82, 2.24) is 5.32 Å². The molecule has 2 aromatic rings. The fraction of sp³-hybridized carbons (Fsp3) is 0.318. The Morgan fingerprint density at radius 3 is 2.32 bits per heavy atom. The van der Waals surface area contributed by atoms with Gasteiger partial charge in [-0.3, -0.25) is 4.79 Å². The Morgan fingerprint density at radius 2 is 1.72 bits per heavy atom. The summed E-state index contributed by atoms with van der Waals surface area (Å²) in [6.45, 7) is 8.50. The zero-order valence-electron chi connectivity index (χ0n) is 15.7. The maximum atomic E-state index is 12.2. The first-order valence-electron chi connectivity index (χ1n) is 8.53. The molecule has 0 spiro atoms. The van der Waals surface area contributed by atoms with Crippen LogP contribution < -0.4 is 10.1 Å². The Labute approximate surface area is 150 Å². The molecule has 0 aliphatic carbocycles. The minimum absolute atomic E-state index is 0.127. The molecule has 25 heavy (non-hydrogen) atoms. The van der Waals surface area contributed by atoms with E-state index in [0.717, 1.165) is 16.9 Å². The molecule has 0 aromatic heterocycles. The largest absolute Gasteiger partial charge is 0.496 e. The van der Waals surface area contributed by atoms with Crippen molar-refractivity contribution in [2.75, 3.05) is 7.11 Å². The van der Waals surface area contributed by atoms with Gasteiger partial charge in [0, 0.05) is 11.6 Å². The number of rotatable bonds is 5. The molecule has 0 unspecified atom stereocenters. The number of hydrogen-bond acceptors (Lipinski definition) is 2. The van der Waals surface area contributed by atoms with Gasteiger partial charge in [0.2, 0.25) is 5.91 Å². The number of amides is 1. The molecule has 2 rings (SSSR count). The first-order valence-corrected chi connectivity index (χ1v) is 8.53. The fourth-order valence-corrected chi connectivity index (χ4v) is 2.63. The van der Waals surface area contributed by atoms with Gasteiger partial charge in [-0.1, -0.05) is 63.2 Å². The SMILES string of the molecule is COc1ccccc1[C@H](C)NC(=O)/C=C/c1ccc(C(C)(C)C)cc1. The van der Waals surface area contributed by atoms with Crippen molar-refractivity contribution in [3.8, 4) is 5.75 Å². The van der Waals surface area contributed by atoms with Gasteiger partial charge < -0.3 is 10.1 Å². The van der Waals surface area contributed by atoms with E-state index in [9.17, 15) is 4.79 Å². The summed E-state index contributed by atoms with van der Waals surface area (Å²) >= 11 is 0. The first kappa shape index (κ1) is 18.8. The summed E-state index contributed by atoms with van der Waals surface area (Å²) < 4.78 is 5.35. The van der Waals surface area contributed by atoms with E-state index < -0.39 is 0 Å². The van der Waals surface area contributed by atoms with Crippen LogP contribution in [0, 0.1) is 0 Å². The van der Waals surface area contributed by atoms with Gasteiger partial charge in [-0.2, -0.15) is 0 Å². The van der Waals surface area contributed by atoms with E-state index in [0.29, 0.717) is 0 Å². The maximum absolute atomic E-state index is 12.2. The lowest BCUT2D eigenvalue weighted by Gasteiger charge is -2.18. The van der Waals surface area contributed by atoms with Gasteiger partial charge in [-0.15, -0.1) is 0 Å². The van der Waals surface area contributed by atoms with Crippen molar-refractivity contribution in [2.45, 2.75) is 39.2 Å². The minimum Gasteiger partial charge on any atom is -0.496 e. The number of benzene rings is 2. The molecule has 3 heteroatoms. The second kappa shape index (κ2) is 8.02. The van der Waals surface area contributed by atoms with Gasteiger partial charge >= 0.3 is 0 Å². The monoisotopic (exact) mass is 337 g/mol. The summed E-state index contributed by atoms with van der Waals surface area (Å²) in [5, 5.41) is 2.97. The van der Waals surface area contributed by atoms with Crippen LogP contribution in [0.1, 0.15) is 50.4 Å². The third-order valence-electron chi connectivity index (χ3n) is 4.17. The average molecular weight is 337 g/mol. The van der Waals surface area contributed by atoms with Crippen LogP contribution >= 0.6 is 0 Å². The van der Waals surface area contributed by atoms with Gasteiger partial charge in [0.15, 0.2) is 0 Å². The zero-order valence-corrected chi connectivity index (χ0v) is 15.7. The first-order chi connectivity index (χ1) is 11.8. The molecule has 1 amide bonds. The fourth-order valence-electron chi connectivity index (χ4n) is 2.63. The average Bonchev–Trinajstić information content (AvgIpc) is 2.59. The topological polar surface area (TPSA) is 38.3 Å². The molecule has 0 saturated heterocycles. The Hall–Kier alpha value is -2.55. The number of carbonyl (C=O) groups excluding carboxylic acids is 1. The second-order valence-corrected chi connectivity index (χ2v) is 7.18. The number of methoxy groups -OCH3 is 1. The summed E-state index contributed by atoms with van der Waals surface area (Å²) in [7, 11) is 1.63. The van der Waals surface area contributed by atoms with Crippen molar-refractivity contribution < 1.29 is 9.53 Å². The molecule has 1 N–H and O–H groups in total. The molecule has 0 fully saturated rings. The van der Waals surface area contributed by atoms with Crippen LogP contribution in [0.5, 0.6) is 5.75 Å². The Bertz CT molecular complexity index is 739. The van der Waals surface area contributed by atoms with Crippen LogP contribution in [-0.4, -0.2) is 13.0 Å². The molecule has 0 aliphatic rings. The van der Waals surface area contributed by atoms with E-state index in [4.69, 9.17) is 4.74 Å². The van der Waals surface area contributed by atoms with E-state index >= 15 is 0 Å². The van der Waals surface area contributed by atoms with E-state index in [1.807, 2.05) is 49.4 Å². The number of nitrogens with one attached hydrogen (secondary N) is 1. The molecule has 132 valence electrons. The highest BCUT2D eigenvalue weighted by molar-refractivity contribution is 5.92. The van der Waals surface area contributed by atoms with Crippen molar-refractivity contribution in [2.24, 2.45) is 0 Å². The van der Waals surface area contributed by atoms with Gasteiger partial charge in [0.1, 0.15) is 5.75 Å². The second-order valence-electron chi connectivity index (χ2n) is 7.18.